The molecule has 1 aliphatic heterocycles. The van der Waals surface area contributed by atoms with Crippen molar-refractivity contribution in [3.63, 3.8) is 0 Å². The molecule has 2 atom stereocenters. The molecule has 0 bridgehead atoms. The zero-order valence-electron chi connectivity index (χ0n) is 11.6. The fourth-order valence-corrected chi connectivity index (χ4v) is 2.89. The summed E-state index contributed by atoms with van der Waals surface area (Å²) in [4.78, 5) is 16.1. The van der Waals surface area contributed by atoms with E-state index in [2.05, 4.69) is 4.90 Å². The second-order valence-electron chi connectivity index (χ2n) is 5.76. The van der Waals surface area contributed by atoms with Crippen LogP contribution in [0.15, 0.2) is 0 Å². The van der Waals surface area contributed by atoms with Crippen molar-refractivity contribution in [3.8, 4) is 0 Å². The lowest BCUT2D eigenvalue weighted by Crippen LogP contribution is -2.45. The summed E-state index contributed by atoms with van der Waals surface area (Å²) in [5.41, 5.74) is 0. The lowest BCUT2D eigenvalue weighted by Gasteiger charge is -2.31. The molecule has 18 heavy (non-hydrogen) atoms. The molecule has 0 aromatic heterocycles. The van der Waals surface area contributed by atoms with E-state index in [1.54, 1.807) is 6.92 Å². The van der Waals surface area contributed by atoms with Crippen LogP contribution in [0, 0.1) is 0 Å². The van der Waals surface area contributed by atoms with Crippen molar-refractivity contribution < 1.29 is 9.90 Å². The van der Waals surface area contributed by atoms with Crippen molar-refractivity contribution in [2.75, 3.05) is 19.6 Å². The predicted octanol–water partition coefficient (Wildman–Crippen LogP) is 1.23. The first kappa shape index (κ1) is 13.8. The molecular formula is C14H26N2O2. The highest BCUT2D eigenvalue weighted by Crippen LogP contribution is 2.29. The van der Waals surface area contributed by atoms with Gasteiger partial charge in [-0.05, 0) is 38.6 Å². The minimum atomic E-state index is -0.225. The summed E-state index contributed by atoms with van der Waals surface area (Å²) in [7, 11) is 0. The molecule has 2 fully saturated rings. The van der Waals surface area contributed by atoms with Gasteiger partial charge in [0.1, 0.15) is 0 Å². The van der Waals surface area contributed by atoms with Crippen molar-refractivity contribution in [1.29, 1.82) is 0 Å². The third kappa shape index (κ3) is 3.45. The van der Waals surface area contributed by atoms with Gasteiger partial charge < -0.3 is 10.0 Å². The second kappa shape index (κ2) is 6.02. The Labute approximate surface area is 110 Å². The summed E-state index contributed by atoms with van der Waals surface area (Å²) in [5.74, 6) is 0.209. The number of nitrogens with zero attached hydrogens (tertiary/aromatic N) is 2. The van der Waals surface area contributed by atoms with Crippen LogP contribution in [0.3, 0.4) is 0 Å². The summed E-state index contributed by atoms with van der Waals surface area (Å²) >= 11 is 0. The third-order valence-electron chi connectivity index (χ3n) is 4.22. The minimum Gasteiger partial charge on any atom is -0.392 e. The SMILES string of the molecule is CC[C@@H](O)CN1CCC[C@@H]1CN(C(C)=O)C1CC1. The highest BCUT2D eigenvalue weighted by molar-refractivity contribution is 5.74. The number of hydrogen-bond acceptors (Lipinski definition) is 3. The molecule has 0 radical (unpaired) electrons. The Hall–Kier alpha value is -0.610. The molecule has 0 aromatic carbocycles. The van der Waals surface area contributed by atoms with Crippen molar-refractivity contribution >= 4 is 5.91 Å². The number of rotatable bonds is 6. The van der Waals surface area contributed by atoms with E-state index in [0.29, 0.717) is 12.1 Å². The monoisotopic (exact) mass is 254 g/mol. The van der Waals surface area contributed by atoms with Crippen LogP contribution in [0.5, 0.6) is 0 Å². The maximum absolute atomic E-state index is 11.7. The standard InChI is InChI=1S/C14H26N2O2/c1-3-14(18)10-15-8-4-5-13(15)9-16(11(2)17)12-6-7-12/h12-14,18H,3-10H2,1-2H3/t13-,14-/m1/s1. The van der Waals surface area contributed by atoms with Crippen LogP contribution in [0.1, 0.15) is 46.0 Å². The van der Waals surface area contributed by atoms with Crippen molar-refractivity contribution in [1.82, 2.24) is 9.80 Å². The van der Waals surface area contributed by atoms with Gasteiger partial charge in [0.05, 0.1) is 6.10 Å². The van der Waals surface area contributed by atoms with Crippen molar-refractivity contribution in [3.05, 3.63) is 0 Å². The van der Waals surface area contributed by atoms with E-state index in [9.17, 15) is 9.90 Å². The summed E-state index contributed by atoms with van der Waals surface area (Å²) in [6.45, 7) is 6.38. The van der Waals surface area contributed by atoms with Crippen LogP contribution in [0.2, 0.25) is 0 Å². The molecule has 104 valence electrons. The Balaban J connectivity index is 1.88. The van der Waals surface area contributed by atoms with E-state index >= 15 is 0 Å². The summed E-state index contributed by atoms with van der Waals surface area (Å²) in [6.07, 6.45) is 5.28. The van der Waals surface area contributed by atoms with Crippen LogP contribution < -0.4 is 0 Å². The predicted molar refractivity (Wildman–Crippen MR) is 71.3 cm³/mol. The number of carbonyl (C=O) groups excluding carboxylic acids is 1. The largest absolute Gasteiger partial charge is 0.392 e. The average Bonchev–Trinajstić information content (AvgIpc) is 3.08. The Kier molecular flexibility index (Phi) is 4.62. The van der Waals surface area contributed by atoms with E-state index in [1.807, 2.05) is 11.8 Å². The van der Waals surface area contributed by atoms with Crippen LogP contribution in [0.4, 0.5) is 0 Å². The highest BCUT2D eigenvalue weighted by atomic mass is 16.3. The molecule has 4 heteroatoms. The van der Waals surface area contributed by atoms with Gasteiger partial charge in [-0.15, -0.1) is 0 Å². The Bertz CT molecular complexity index is 292. The number of likely N-dealkylation sites (tertiary alicyclic amines) is 1. The maximum Gasteiger partial charge on any atom is 0.219 e. The fourth-order valence-electron chi connectivity index (χ4n) is 2.89. The topological polar surface area (TPSA) is 43.8 Å². The number of amides is 1. The third-order valence-corrected chi connectivity index (χ3v) is 4.22. The van der Waals surface area contributed by atoms with Gasteiger partial charge in [-0.25, -0.2) is 0 Å². The van der Waals surface area contributed by atoms with Gasteiger partial charge in [-0.2, -0.15) is 0 Å². The van der Waals surface area contributed by atoms with Gasteiger partial charge in [0.25, 0.3) is 0 Å². The first-order valence-electron chi connectivity index (χ1n) is 7.31. The van der Waals surface area contributed by atoms with Gasteiger partial charge in [0, 0.05) is 32.1 Å². The average molecular weight is 254 g/mol. The molecule has 1 saturated heterocycles. The number of β-amino-alcohol motifs (C(OH)–C–C–N with tert-alkyl or cyclic N) is 1. The Morgan fingerprint density at radius 2 is 2.17 bits per heavy atom. The second-order valence-corrected chi connectivity index (χ2v) is 5.76. The van der Waals surface area contributed by atoms with Crippen molar-refractivity contribution in [2.45, 2.75) is 64.1 Å². The van der Waals surface area contributed by atoms with E-state index in [1.165, 1.54) is 19.3 Å². The van der Waals surface area contributed by atoms with E-state index in [4.69, 9.17) is 0 Å². The molecule has 4 nitrogen and oxygen atoms in total. The summed E-state index contributed by atoms with van der Waals surface area (Å²) < 4.78 is 0. The lowest BCUT2D eigenvalue weighted by atomic mass is 10.2. The first-order chi connectivity index (χ1) is 8.61. The quantitative estimate of drug-likeness (QED) is 0.775. The molecule has 1 N–H and O–H groups in total. The number of aliphatic hydroxyl groups excluding tert-OH is 1. The molecule has 1 aliphatic carbocycles. The summed E-state index contributed by atoms with van der Waals surface area (Å²) in [5, 5.41) is 9.78. The Morgan fingerprint density at radius 3 is 2.72 bits per heavy atom. The van der Waals surface area contributed by atoms with Crippen LogP contribution in [-0.4, -0.2) is 58.6 Å². The van der Waals surface area contributed by atoms with Crippen molar-refractivity contribution in [2.24, 2.45) is 0 Å². The molecule has 1 saturated carbocycles. The molecule has 1 heterocycles. The fraction of sp³-hybridized carbons (Fsp3) is 0.929. The zero-order chi connectivity index (χ0) is 13.1. The molecule has 0 spiro atoms. The molecular weight excluding hydrogens is 228 g/mol. The molecule has 2 rings (SSSR count). The van der Waals surface area contributed by atoms with Crippen LogP contribution in [-0.2, 0) is 4.79 Å². The van der Waals surface area contributed by atoms with Gasteiger partial charge in [0.2, 0.25) is 5.91 Å². The highest BCUT2D eigenvalue weighted by Gasteiger charge is 2.35. The maximum atomic E-state index is 11.7. The van der Waals surface area contributed by atoms with Gasteiger partial charge >= 0.3 is 0 Å². The van der Waals surface area contributed by atoms with Crippen LogP contribution in [0.25, 0.3) is 0 Å². The van der Waals surface area contributed by atoms with Gasteiger partial charge in [-0.1, -0.05) is 6.92 Å². The lowest BCUT2D eigenvalue weighted by molar-refractivity contribution is -0.130. The number of carbonyl (C=O) groups is 1. The number of aliphatic hydroxyl groups is 1. The summed E-state index contributed by atoms with van der Waals surface area (Å²) in [6, 6.07) is 0.955. The Morgan fingerprint density at radius 1 is 1.44 bits per heavy atom. The van der Waals surface area contributed by atoms with Crippen LogP contribution >= 0.6 is 0 Å². The number of hydrogen-bond donors (Lipinski definition) is 1. The first-order valence-corrected chi connectivity index (χ1v) is 7.31. The normalized spacial score (nSPS) is 26.3. The van der Waals surface area contributed by atoms with Gasteiger partial charge in [0.15, 0.2) is 0 Å². The van der Waals surface area contributed by atoms with E-state index in [0.717, 1.165) is 32.5 Å². The molecule has 1 amide bonds. The molecule has 0 aromatic rings. The van der Waals surface area contributed by atoms with Gasteiger partial charge in [-0.3, -0.25) is 9.69 Å². The molecule has 2 aliphatic rings. The zero-order valence-corrected chi connectivity index (χ0v) is 11.6. The van der Waals surface area contributed by atoms with E-state index < -0.39 is 0 Å². The molecule has 0 unspecified atom stereocenters. The minimum absolute atomic E-state index is 0.209. The smallest absolute Gasteiger partial charge is 0.219 e. The van der Waals surface area contributed by atoms with E-state index in [-0.39, 0.29) is 12.0 Å².